The zero-order chi connectivity index (χ0) is 12.2. The van der Waals surface area contributed by atoms with Gasteiger partial charge in [0.25, 0.3) is 0 Å². The largest absolute Gasteiger partial charge is 0.323 e. The van der Waals surface area contributed by atoms with Crippen LogP contribution in [0.15, 0.2) is 18.3 Å². The number of aromatic nitrogens is 1. The summed E-state index contributed by atoms with van der Waals surface area (Å²) in [4.78, 5) is 15.3. The Hall–Kier alpha value is -1.49. The molecule has 4 nitrogen and oxygen atoms in total. The van der Waals surface area contributed by atoms with Crippen molar-refractivity contribution in [1.82, 2.24) is 4.98 Å². The van der Waals surface area contributed by atoms with Crippen LogP contribution in [0.3, 0.4) is 0 Å². The minimum Gasteiger partial charge on any atom is -0.323 e. The van der Waals surface area contributed by atoms with Crippen molar-refractivity contribution < 1.29 is 9.18 Å². The molecular formula is C11H16FN3O. The van der Waals surface area contributed by atoms with E-state index in [0.717, 1.165) is 0 Å². The number of nitrogens with zero attached hydrogens (tertiary/aromatic N) is 1. The number of halogens is 1. The predicted molar refractivity (Wildman–Crippen MR) is 60.3 cm³/mol. The van der Waals surface area contributed by atoms with Gasteiger partial charge in [-0.15, -0.1) is 0 Å². The van der Waals surface area contributed by atoms with Crippen LogP contribution < -0.4 is 11.1 Å². The average molecular weight is 225 g/mol. The fraction of sp³-hybridized carbons (Fsp3) is 0.455. The molecule has 0 atom stereocenters. The third kappa shape index (κ3) is 2.76. The van der Waals surface area contributed by atoms with E-state index < -0.39 is 11.5 Å². The molecule has 0 saturated heterocycles. The Morgan fingerprint density at radius 1 is 1.50 bits per heavy atom. The first-order chi connectivity index (χ1) is 7.51. The molecule has 88 valence electrons. The Balaban J connectivity index is 2.74. The highest BCUT2D eigenvalue weighted by Crippen LogP contribution is 2.15. The molecule has 0 aliphatic heterocycles. The summed E-state index contributed by atoms with van der Waals surface area (Å²) >= 11 is 0. The second-order valence-corrected chi connectivity index (χ2v) is 3.69. The van der Waals surface area contributed by atoms with E-state index >= 15 is 0 Å². The number of nitrogens with two attached hydrogens (primary N) is 1. The first-order valence-electron chi connectivity index (χ1n) is 5.23. The summed E-state index contributed by atoms with van der Waals surface area (Å²) in [5.41, 5.74) is 5.48. The van der Waals surface area contributed by atoms with Gasteiger partial charge in [0, 0.05) is 0 Å². The van der Waals surface area contributed by atoms with Gasteiger partial charge in [0.2, 0.25) is 11.9 Å². The molecule has 1 aromatic heterocycles. The fourth-order valence-corrected chi connectivity index (χ4v) is 1.28. The molecule has 0 fully saturated rings. The third-order valence-corrected chi connectivity index (χ3v) is 2.70. The van der Waals surface area contributed by atoms with E-state index in [-0.39, 0.29) is 5.91 Å². The van der Waals surface area contributed by atoms with E-state index in [0.29, 0.717) is 18.5 Å². The molecule has 1 amide bonds. The quantitative estimate of drug-likeness (QED) is 0.766. The Bertz CT molecular complexity index is 360. The molecule has 1 rings (SSSR count). The topological polar surface area (TPSA) is 68.0 Å². The van der Waals surface area contributed by atoms with Crippen LogP contribution in [0.1, 0.15) is 26.7 Å². The lowest BCUT2D eigenvalue weighted by molar-refractivity contribution is -0.121. The Morgan fingerprint density at radius 2 is 2.12 bits per heavy atom. The standard InChI is InChI=1S/C11H16FN3O/c1-3-11(13,4-2)10(16)15-8-5-6-9(12)14-7-8/h5-7H,3-4,13H2,1-2H3,(H,15,16). The molecule has 0 unspecified atom stereocenters. The second kappa shape index (κ2) is 5.03. The third-order valence-electron chi connectivity index (χ3n) is 2.70. The summed E-state index contributed by atoms with van der Waals surface area (Å²) in [5.74, 6) is -0.853. The molecule has 16 heavy (non-hydrogen) atoms. The summed E-state index contributed by atoms with van der Waals surface area (Å²) in [6.45, 7) is 3.71. The van der Waals surface area contributed by atoms with Crippen LogP contribution in [0.25, 0.3) is 0 Å². The molecular weight excluding hydrogens is 209 g/mol. The van der Waals surface area contributed by atoms with Crippen LogP contribution in [-0.4, -0.2) is 16.4 Å². The minimum atomic E-state index is -0.881. The lowest BCUT2D eigenvalue weighted by Crippen LogP contribution is -2.50. The van der Waals surface area contributed by atoms with Crippen LogP contribution in [-0.2, 0) is 4.79 Å². The highest BCUT2D eigenvalue weighted by Gasteiger charge is 2.29. The molecule has 0 spiro atoms. The smallest absolute Gasteiger partial charge is 0.244 e. The fourth-order valence-electron chi connectivity index (χ4n) is 1.28. The molecule has 1 aromatic rings. The number of anilines is 1. The average Bonchev–Trinajstić information content (AvgIpc) is 2.31. The maximum atomic E-state index is 12.5. The molecule has 5 heteroatoms. The lowest BCUT2D eigenvalue weighted by Gasteiger charge is -2.24. The maximum absolute atomic E-state index is 12.5. The summed E-state index contributed by atoms with van der Waals surface area (Å²) in [6, 6.07) is 2.64. The van der Waals surface area contributed by atoms with Gasteiger partial charge in [0.05, 0.1) is 17.4 Å². The van der Waals surface area contributed by atoms with Crippen molar-refractivity contribution in [2.75, 3.05) is 5.32 Å². The highest BCUT2D eigenvalue weighted by atomic mass is 19.1. The van der Waals surface area contributed by atoms with Gasteiger partial charge in [-0.25, -0.2) is 4.98 Å². The Labute approximate surface area is 94.1 Å². The Morgan fingerprint density at radius 3 is 2.56 bits per heavy atom. The highest BCUT2D eigenvalue weighted by molar-refractivity contribution is 5.97. The van der Waals surface area contributed by atoms with Crippen LogP contribution in [0.4, 0.5) is 10.1 Å². The van der Waals surface area contributed by atoms with Crippen LogP contribution >= 0.6 is 0 Å². The molecule has 0 aliphatic carbocycles. The monoisotopic (exact) mass is 225 g/mol. The van der Waals surface area contributed by atoms with Crippen LogP contribution in [0.5, 0.6) is 0 Å². The summed E-state index contributed by atoms with van der Waals surface area (Å²) in [6.07, 6.45) is 2.35. The number of amides is 1. The van der Waals surface area contributed by atoms with Crippen molar-refractivity contribution in [2.45, 2.75) is 32.2 Å². The zero-order valence-electron chi connectivity index (χ0n) is 9.46. The normalized spacial score (nSPS) is 11.2. The summed E-state index contributed by atoms with van der Waals surface area (Å²) in [5, 5.41) is 2.62. The van der Waals surface area contributed by atoms with Gasteiger partial charge in [0.15, 0.2) is 0 Å². The SMILES string of the molecule is CCC(N)(CC)C(=O)Nc1ccc(F)nc1. The number of carbonyl (C=O) groups excluding carboxylic acids is 1. The van der Waals surface area contributed by atoms with Crippen molar-refractivity contribution in [3.05, 3.63) is 24.3 Å². The number of hydrogen-bond acceptors (Lipinski definition) is 3. The van der Waals surface area contributed by atoms with Crippen molar-refractivity contribution in [3.8, 4) is 0 Å². The number of carbonyl (C=O) groups is 1. The summed E-state index contributed by atoms with van der Waals surface area (Å²) in [7, 11) is 0. The van der Waals surface area contributed by atoms with Crippen molar-refractivity contribution in [1.29, 1.82) is 0 Å². The minimum absolute atomic E-state index is 0.272. The predicted octanol–water partition coefficient (Wildman–Crippen LogP) is 1.68. The summed E-state index contributed by atoms with van der Waals surface area (Å²) < 4.78 is 12.5. The lowest BCUT2D eigenvalue weighted by atomic mass is 9.93. The van der Waals surface area contributed by atoms with Crippen molar-refractivity contribution in [3.63, 3.8) is 0 Å². The molecule has 1 heterocycles. The van der Waals surface area contributed by atoms with Gasteiger partial charge >= 0.3 is 0 Å². The maximum Gasteiger partial charge on any atom is 0.244 e. The van der Waals surface area contributed by atoms with E-state index in [1.54, 1.807) is 0 Å². The van der Waals surface area contributed by atoms with E-state index in [4.69, 9.17) is 5.73 Å². The number of rotatable bonds is 4. The van der Waals surface area contributed by atoms with Gasteiger partial charge in [-0.3, -0.25) is 4.79 Å². The van der Waals surface area contributed by atoms with Gasteiger partial charge in [0.1, 0.15) is 0 Å². The molecule has 0 bridgehead atoms. The Kier molecular flexibility index (Phi) is 3.95. The molecule has 0 saturated carbocycles. The number of hydrogen-bond donors (Lipinski definition) is 2. The van der Waals surface area contributed by atoms with E-state index in [1.165, 1.54) is 18.3 Å². The van der Waals surface area contributed by atoms with E-state index in [2.05, 4.69) is 10.3 Å². The van der Waals surface area contributed by atoms with E-state index in [1.807, 2.05) is 13.8 Å². The second-order valence-electron chi connectivity index (χ2n) is 3.69. The van der Waals surface area contributed by atoms with E-state index in [9.17, 15) is 9.18 Å². The van der Waals surface area contributed by atoms with Crippen LogP contribution in [0, 0.1) is 5.95 Å². The first-order valence-corrected chi connectivity index (χ1v) is 5.23. The van der Waals surface area contributed by atoms with Gasteiger partial charge < -0.3 is 11.1 Å². The van der Waals surface area contributed by atoms with Crippen LogP contribution in [0.2, 0.25) is 0 Å². The zero-order valence-corrected chi connectivity index (χ0v) is 9.46. The van der Waals surface area contributed by atoms with Crippen molar-refractivity contribution in [2.24, 2.45) is 5.73 Å². The molecule has 3 N–H and O–H groups in total. The van der Waals surface area contributed by atoms with Gasteiger partial charge in [-0.1, -0.05) is 13.8 Å². The first kappa shape index (κ1) is 12.6. The number of nitrogens with one attached hydrogen (secondary N) is 1. The number of pyridine rings is 1. The van der Waals surface area contributed by atoms with Crippen molar-refractivity contribution >= 4 is 11.6 Å². The molecule has 0 aliphatic rings. The molecule has 0 radical (unpaired) electrons. The van der Waals surface area contributed by atoms with Gasteiger partial charge in [-0.05, 0) is 25.0 Å². The van der Waals surface area contributed by atoms with Gasteiger partial charge in [-0.2, -0.15) is 4.39 Å². The molecule has 0 aromatic carbocycles.